The van der Waals surface area contributed by atoms with Crippen LogP contribution in [0.5, 0.6) is 0 Å². The van der Waals surface area contributed by atoms with Crippen LogP contribution in [-0.4, -0.2) is 115 Å². The summed E-state index contributed by atoms with van der Waals surface area (Å²) in [6.07, 6.45) is 2.47. The molecule has 4 amide bonds. The molecule has 0 bridgehead atoms. The van der Waals surface area contributed by atoms with Gasteiger partial charge in [0.15, 0.2) is 0 Å². The van der Waals surface area contributed by atoms with Crippen LogP contribution in [0.1, 0.15) is 41.6 Å². The van der Waals surface area contributed by atoms with Gasteiger partial charge in [-0.25, -0.2) is 0 Å². The summed E-state index contributed by atoms with van der Waals surface area (Å²) in [7, 11) is 0. The molecule has 1 atom stereocenters. The molecule has 3 aliphatic heterocycles. The first kappa shape index (κ1) is 28.1. The predicted octanol–water partition coefficient (Wildman–Crippen LogP) is -0.880. The lowest BCUT2D eigenvalue weighted by Crippen LogP contribution is -2.52. The number of carbonyl (C=O) groups is 4. The van der Waals surface area contributed by atoms with Crippen molar-refractivity contribution in [1.29, 1.82) is 0 Å². The second-order valence-electron chi connectivity index (χ2n) is 10.1. The fraction of sp³-hybridized carbons (Fsp3) is 0.615. The zero-order chi connectivity index (χ0) is 27.1. The molecule has 208 valence electrons. The Morgan fingerprint density at radius 2 is 1.95 bits per heavy atom. The standard InChI is InChI=1S/C26H38N6O6/c27-18-6-8-30(9-7-18)11-14-38-15-12-31(10-13-33)17-24(35)28-21-3-1-2-19-20(21)16-32(26(19)37)22-4-5-23(34)29-25(22)36/h1-3,18,22,33H,4-17,27H2,(H,28,35)(H,29,34,36). The van der Waals surface area contributed by atoms with E-state index < -0.39 is 11.9 Å². The average Bonchev–Trinajstić information content (AvgIpc) is 3.22. The number of anilines is 1. The molecule has 5 N–H and O–H groups in total. The van der Waals surface area contributed by atoms with Gasteiger partial charge in [-0.15, -0.1) is 0 Å². The van der Waals surface area contributed by atoms with E-state index in [9.17, 15) is 24.3 Å². The number of benzene rings is 1. The lowest BCUT2D eigenvalue weighted by Gasteiger charge is -2.30. The Morgan fingerprint density at radius 3 is 2.68 bits per heavy atom. The second kappa shape index (κ2) is 13.3. The Morgan fingerprint density at radius 1 is 1.16 bits per heavy atom. The molecule has 3 aliphatic rings. The molecule has 0 saturated carbocycles. The van der Waals surface area contributed by atoms with Gasteiger partial charge < -0.3 is 30.7 Å². The number of ether oxygens (including phenoxy) is 1. The van der Waals surface area contributed by atoms with E-state index >= 15 is 0 Å². The number of aliphatic hydroxyl groups is 1. The maximum absolute atomic E-state index is 13.0. The molecule has 1 aromatic carbocycles. The third-order valence-electron chi connectivity index (χ3n) is 7.38. The Balaban J connectivity index is 1.26. The maximum atomic E-state index is 13.0. The zero-order valence-electron chi connectivity index (χ0n) is 21.7. The number of aliphatic hydroxyl groups excluding tert-OH is 1. The van der Waals surface area contributed by atoms with E-state index in [4.69, 9.17) is 10.5 Å². The number of likely N-dealkylation sites (tertiary alicyclic amines) is 1. The number of hydrogen-bond donors (Lipinski definition) is 4. The van der Waals surface area contributed by atoms with Crippen LogP contribution >= 0.6 is 0 Å². The fourth-order valence-corrected chi connectivity index (χ4v) is 5.17. The van der Waals surface area contributed by atoms with Gasteiger partial charge >= 0.3 is 0 Å². The molecule has 2 fully saturated rings. The zero-order valence-corrected chi connectivity index (χ0v) is 21.7. The molecule has 4 rings (SSSR count). The molecule has 0 spiro atoms. The van der Waals surface area contributed by atoms with E-state index in [2.05, 4.69) is 15.5 Å². The van der Waals surface area contributed by atoms with Crippen LogP contribution in [0.2, 0.25) is 0 Å². The molecule has 2 saturated heterocycles. The SMILES string of the molecule is NC1CCN(CCOCCN(CCO)CC(=O)Nc2cccc3c2CN(C2CCC(=O)NC2=O)C3=O)CC1. The number of piperidine rings is 2. The van der Waals surface area contributed by atoms with Crippen molar-refractivity contribution in [3.63, 3.8) is 0 Å². The third-order valence-corrected chi connectivity index (χ3v) is 7.38. The van der Waals surface area contributed by atoms with E-state index in [1.807, 2.05) is 4.90 Å². The van der Waals surface area contributed by atoms with Crippen molar-refractivity contribution in [2.24, 2.45) is 5.73 Å². The fourth-order valence-electron chi connectivity index (χ4n) is 5.17. The van der Waals surface area contributed by atoms with Gasteiger partial charge in [-0.05, 0) is 44.5 Å². The molecule has 0 aliphatic carbocycles. The topological polar surface area (TPSA) is 158 Å². The first-order chi connectivity index (χ1) is 18.4. The summed E-state index contributed by atoms with van der Waals surface area (Å²) in [6.45, 7) is 4.83. The van der Waals surface area contributed by atoms with Crippen molar-refractivity contribution in [2.75, 3.05) is 64.4 Å². The summed E-state index contributed by atoms with van der Waals surface area (Å²) >= 11 is 0. The van der Waals surface area contributed by atoms with Crippen LogP contribution in [0.25, 0.3) is 0 Å². The molecule has 12 heteroatoms. The van der Waals surface area contributed by atoms with E-state index in [-0.39, 0.29) is 50.3 Å². The van der Waals surface area contributed by atoms with Crippen LogP contribution in [-0.2, 0) is 25.7 Å². The lowest BCUT2D eigenvalue weighted by atomic mass is 10.0. The highest BCUT2D eigenvalue weighted by Crippen LogP contribution is 2.32. The van der Waals surface area contributed by atoms with Crippen molar-refractivity contribution >= 4 is 29.3 Å². The van der Waals surface area contributed by atoms with Gasteiger partial charge in [-0.1, -0.05) is 6.07 Å². The summed E-state index contributed by atoms with van der Waals surface area (Å²) in [5.41, 5.74) is 7.53. The predicted molar refractivity (Wildman–Crippen MR) is 139 cm³/mol. The van der Waals surface area contributed by atoms with Crippen molar-refractivity contribution in [2.45, 2.75) is 44.3 Å². The van der Waals surface area contributed by atoms with Crippen LogP contribution in [0.3, 0.4) is 0 Å². The number of imide groups is 1. The van der Waals surface area contributed by atoms with E-state index in [0.717, 1.165) is 32.5 Å². The summed E-state index contributed by atoms with van der Waals surface area (Å²) in [5, 5.41) is 14.6. The molecule has 0 radical (unpaired) electrons. The van der Waals surface area contributed by atoms with Gasteiger partial charge in [0.2, 0.25) is 17.7 Å². The van der Waals surface area contributed by atoms with Crippen molar-refractivity contribution < 1.29 is 29.0 Å². The first-order valence-electron chi connectivity index (χ1n) is 13.3. The number of nitrogens with two attached hydrogens (primary N) is 1. The lowest BCUT2D eigenvalue weighted by molar-refractivity contribution is -0.137. The van der Waals surface area contributed by atoms with Crippen LogP contribution in [0.15, 0.2) is 18.2 Å². The largest absolute Gasteiger partial charge is 0.395 e. The highest BCUT2D eigenvalue weighted by Gasteiger charge is 2.40. The van der Waals surface area contributed by atoms with E-state index in [0.29, 0.717) is 49.2 Å². The monoisotopic (exact) mass is 530 g/mol. The highest BCUT2D eigenvalue weighted by atomic mass is 16.5. The highest BCUT2D eigenvalue weighted by molar-refractivity contribution is 6.06. The van der Waals surface area contributed by atoms with Gasteiger partial charge in [0.1, 0.15) is 6.04 Å². The Labute approximate surface area is 222 Å². The Bertz CT molecular complexity index is 1030. The average molecular weight is 531 g/mol. The quantitative estimate of drug-likeness (QED) is 0.199. The minimum atomic E-state index is -0.719. The van der Waals surface area contributed by atoms with Gasteiger partial charge in [0.05, 0.1) is 26.4 Å². The van der Waals surface area contributed by atoms with Crippen molar-refractivity contribution in [1.82, 2.24) is 20.0 Å². The number of nitrogens with zero attached hydrogens (tertiary/aromatic N) is 3. The number of amides is 4. The smallest absolute Gasteiger partial charge is 0.255 e. The summed E-state index contributed by atoms with van der Waals surface area (Å²) in [5.74, 6) is -1.39. The molecular weight excluding hydrogens is 492 g/mol. The number of rotatable bonds is 12. The number of fused-ring (bicyclic) bond motifs is 1. The van der Waals surface area contributed by atoms with E-state index in [1.165, 1.54) is 4.90 Å². The van der Waals surface area contributed by atoms with Crippen LogP contribution in [0, 0.1) is 0 Å². The van der Waals surface area contributed by atoms with Crippen molar-refractivity contribution in [3.05, 3.63) is 29.3 Å². The number of nitrogens with one attached hydrogen (secondary N) is 2. The van der Waals surface area contributed by atoms with Crippen molar-refractivity contribution in [3.8, 4) is 0 Å². The Hall–Kier alpha value is -2.90. The summed E-state index contributed by atoms with van der Waals surface area (Å²) in [4.78, 5) is 55.3. The van der Waals surface area contributed by atoms with Gasteiger partial charge in [0.25, 0.3) is 5.91 Å². The molecular formula is C26H38N6O6. The molecule has 38 heavy (non-hydrogen) atoms. The van der Waals surface area contributed by atoms with Gasteiger partial charge in [0, 0.05) is 55.5 Å². The molecule has 12 nitrogen and oxygen atoms in total. The summed E-state index contributed by atoms with van der Waals surface area (Å²) < 4.78 is 5.77. The molecule has 0 aromatic heterocycles. The first-order valence-corrected chi connectivity index (χ1v) is 13.3. The third kappa shape index (κ3) is 7.14. The second-order valence-corrected chi connectivity index (χ2v) is 10.1. The minimum Gasteiger partial charge on any atom is -0.395 e. The van der Waals surface area contributed by atoms with Gasteiger partial charge in [-0.2, -0.15) is 0 Å². The normalized spacial score (nSPS) is 20.7. The molecule has 1 unspecified atom stereocenters. The Kier molecular flexibility index (Phi) is 9.80. The summed E-state index contributed by atoms with van der Waals surface area (Å²) in [6, 6.07) is 4.67. The van der Waals surface area contributed by atoms with E-state index in [1.54, 1.807) is 18.2 Å². The maximum Gasteiger partial charge on any atom is 0.255 e. The van der Waals surface area contributed by atoms with Crippen LogP contribution < -0.4 is 16.4 Å². The van der Waals surface area contributed by atoms with Gasteiger partial charge in [-0.3, -0.25) is 29.4 Å². The van der Waals surface area contributed by atoms with Crippen LogP contribution in [0.4, 0.5) is 5.69 Å². The number of hydrogen-bond acceptors (Lipinski definition) is 9. The minimum absolute atomic E-state index is 0.0579. The number of carbonyl (C=O) groups excluding carboxylic acids is 4. The molecule has 3 heterocycles. The molecule has 1 aromatic rings.